The highest BCUT2D eigenvalue weighted by atomic mass is 32.1. The van der Waals surface area contributed by atoms with Crippen LogP contribution < -0.4 is 5.32 Å². The molecule has 0 aliphatic carbocycles. The highest BCUT2D eigenvalue weighted by molar-refractivity contribution is 7.09. The maximum absolute atomic E-state index is 11.8. The number of rotatable bonds is 6. The Hall–Kier alpha value is -0.660. The zero-order valence-electron chi connectivity index (χ0n) is 8.80. The van der Waals surface area contributed by atoms with E-state index in [4.69, 9.17) is 4.74 Å². The van der Waals surface area contributed by atoms with E-state index in [9.17, 15) is 13.2 Å². The molecule has 16 heavy (non-hydrogen) atoms. The molecule has 0 aromatic carbocycles. The number of nitrogens with one attached hydrogen (secondary N) is 1. The van der Waals surface area contributed by atoms with Gasteiger partial charge >= 0.3 is 6.18 Å². The van der Waals surface area contributed by atoms with Gasteiger partial charge in [-0.3, -0.25) is 0 Å². The Labute approximate surface area is 95.6 Å². The molecule has 0 fully saturated rings. The largest absolute Gasteiger partial charge is 0.401 e. The van der Waals surface area contributed by atoms with E-state index in [0.717, 1.165) is 5.01 Å². The van der Waals surface area contributed by atoms with Crippen LogP contribution in [-0.4, -0.2) is 24.3 Å². The predicted molar refractivity (Wildman–Crippen MR) is 55.2 cm³/mol. The lowest BCUT2D eigenvalue weighted by molar-refractivity contribution is -0.125. The second-order valence-electron chi connectivity index (χ2n) is 3.09. The van der Waals surface area contributed by atoms with Crippen molar-refractivity contribution in [2.45, 2.75) is 26.3 Å². The fourth-order valence-electron chi connectivity index (χ4n) is 1.02. The molecule has 92 valence electrons. The fourth-order valence-corrected chi connectivity index (χ4v) is 1.75. The SMILES string of the molecule is CCOCc1nc(CNCC(F)(F)F)cs1. The third kappa shape index (κ3) is 5.43. The summed E-state index contributed by atoms with van der Waals surface area (Å²) in [6.45, 7) is 2.02. The van der Waals surface area contributed by atoms with Crippen molar-refractivity contribution in [1.29, 1.82) is 0 Å². The predicted octanol–water partition coefficient (Wildman–Crippen LogP) is 2.33. The molecule has 3 nitrogen and oxygen atoms in total. The smallest absolute Gasteiger partial charge is 0.375 e. The van der Waals surface area contributed by atoms with Crippen LogP contribution in [0.25, 0.3) is 0 Å². The molecule has 7 heteroatoms. The number of nitrogens with zero attached hydrogens (tertiary/aromatic N) is 1. The van der Waals surface area contributed by atoms with Gasteiger partial charge in [0.1, 0.15) is 5.01 Å². The summed E-state index contributed by atoms with van der Waals surface area (Å²) in [5.74, 6) is 0. The lowest BCUT2D eigenvalue weighted by atomic mass is 10.4. The number of alkyl halides is 3. The van der Waals surface area contributed by atoms with Crippen molar-refractivity contribution in [1.82, 2.24) is 10.3 Å². The normalized spacial score (nSPS) is 12.0. The number of thiazole rings is 1. The topological polar surface area (TPSA) is 34.1 Å². The Balaban J connectivity index is 2.29. The van der Waals surface area contributed by atoms with Crippen LogP contribution in [0.2, 0.25) is 0 Å². The van der Waals surface area contributed by atoms with Crippen molar-refractivity contribution < 1.29 is 17.9 Å². The summed E-state index contributed by atoms with van der Waals surface area (Å²) in [6, 6.07) is 0. The van der Waals surface area contributed by atoms with Crippen molar-refractivity contribution in [3.05, 3.63) is 16.1 Å². The highest BCUT2D eigenvalue weighted by Gasteiger charge is 2.26. The number of aromatic nitrogens is 1. The zero-order valence-corrected chi connectivity index (χ0v) is 9.62. The van der Waals surface area contributed by atoms with Gasteiger partial charge in [-0.15, -0.1) is 11.3 Å². The molecule has 0 saturated heterocycles. The minimum Gasteiger partial charge on any atom is -0.375 e. The van der Waals surface area contributed by atoms with Gasteiger partial charge in [0.05, 0.1) is 18.8 Å². The summed E-state index contributed by atoms with van der Waals surface area (Å²) < 4.78 is 40.6. The van der Waals surface area contributed by atoms with Crippen LogP contribution in [0.15, 0.2) is 5.38 Å². The molecular weight excluding hydrogens is 241 g/mol. The summed E-state index contributed by atoms with van der Waals surface area (Å²) in [6.07, 6.45) is -4.18. The number of hydrogen-bond acceptors (Lipinski definition) is 4. The summed E-state index contributed by atoms with van der Waals surface area (Å²) in [4.78, 5) is 4.13. The van der Waals surface area contributed by atoms with Crippen molar-refractivity contribution in [3.63, 3.8) is 0 Å². The Morgan fingerprint density at radius 2 is 2.25 bits per heavy atom. The first kappa shape index (κ1) is 13.4. The molecule has 1 heterocycles. The van der Waals surface area contributed by atoms with Gasteiger partial charge in [-0.25, -0.2) is 4.98 Å². The molecule has 1 rings (SSSR count). The summed E-state index contributed by atoms with van der Waals surface area (Å²) in [7, 11) is 0. The molecule has 0 unspecified atom stereocenters. The maximum Gasteiger partial charge on any atom is 0.401 e. The molecule has 0 spiro atoms. The number of hydrogen-bond donors (Lipinski definition) is 1. The number of ether oxygens (including phenoxy) is 1. The molecule has 0 amide bonds. The average Bonchev–Trinajstić information content (AvgIpc) is 2.61. The van der Waals surface area contributed by atoms with E-state index < -0.39 is 12.7 Å². The van der Waals surface area contributed by atoms with E-state index in [-0.39, 0.29) is 6.54 Å². The third-order valence-electron chi connectivity index (χ3n) is 1.66. The minimum atomic E-state index is -4.18. The van der Waals surface area contributed by atoms with Crippen LogP contribution in [0, 0.1) is 0 Å². The minimum absolute atomic E-state index is 0.127. The van der Waals surface area contributed by atoms with Crippen molar-refractivity contribution in [3.8, 4) is 0 Å². The monoisotopic (exact) mass is 254 g/mol. The fraction of sp³-hybridized carbons (Fsp3) is 0.667. The number of halogens is 3. The summed E-state index contributed by atoms with van der Waals surface area (Å²) in [5, 5.41) is 4.81. The lowest BCUT2D eigenvalue weighted by Gasteiger charge is -2.06. The van der Waals surface area contributed by atoms with Gasteiger partial charge < -0.3 is 10.1 Å². The average molecular weight is 254 g/mol. The zero-order chi connectivity index (χ0) is 12.0. The third-order valence-corrected chi connectivity index (χ3v) is 2.53. The molecule has 0 aliphatic rings. The molecule has 1 aromatic heterocycles. The van der Waals surface area contributed by atoms with Crippen molar-refractivity contribution in [2.24, 2.45) is 0 Å². The van der Waals surface area contributed by atoms with E-state index in [1.165, 1.54) is 11.3 Å². The van der Waals surface area contributed by atoms with Gasteiger partial charge in [0.15, 0.2) is 0 Å². The van der Waals surface area contributed by atoms with Crippen LogP contribution >= 0.6 is 11.3 Å². The Kier molecular flexibility index (Phi) is 5.17. The van der Waals surface area contributed by atoms with E-state index in [1.807, 2.05) is 6.92 Å². The Bertz CT molecular complexity index is 314. The Morgan fingerprint density at radius 1 is 1.50 bits per heavy atom. The van der Waals surface area contributed by atoms with E-state index in [0.29, 0.717) is 18.9 Å². The van der Waals surface area contributed by atoms with Crippen molar-refractivity contribution in [2.75, 3.05) is 13.2 Å². The van der Waals surface area contributed by atoms with Crippen LogP contribution in [0.4, 0.5) is 13.2 Å². The van der Waals surface area contributed by atoms with Crippen molar-refractivity contribution >= 4 is 11.3 Å². The summed E-state index contributed by atoms with van der Waals surface area (Å²) in [5.41, 5.74) is 0.615. The first-order valence-electron chi connectivity index (χ1n) is 4.79. The summed E-state index contributed by atoms with van der Waals surface area (Å²) >= 11 is 1.39. The quantitative estimate of drug-likeness (QED) is 0.846. The van der Waals surface area contributed by atoms with Gasteiger partial charge in [0, 0.05) is 18.5 Å². The molecule has 0 saturated carbocycles. The highest BCUT2D eigenvalue weighted by Crippen LogP contribution is 2.14. The van der Waals surface area contributed by atoms with Crippen LogP contribution in [0.3, 0.4) is 0 Å². The second kappa shape index (κ2) is 6.17. The van der Waals surface area contributed by atoms with Gasteiger partial charge in [0.25, 0.3) is 0 Å². The molecule has 1 aromatic rings. The first-order chi connectivity index (χ1) is 7.51. The van der Waals surface area contributed by atoms with Gasteiger partial charge in [0.2, 0.25) is 0 Å². The molecule has 1 N–H and O–H groups in total. The van der Waals surface area contributed by atoms with Gasteiger partial charge in [-0.2, -0.15) is 13.2 Å². The molecule has 0 aliphatic heterocycles. The molecule has 0 radical (unpaired) electrons. The van der Waals surface area contributed by atoms with Crippen LogP contribution in [0.1, 0.15) is 17.6 Å². The van der Waals surface area contributed by atoms with E-state index in [1.54, 1.807) is 5.38 Å². The Morgan fingerprint density at radius 3 is 2.88 bits per heavy atom. The maximum atomic E-state index is 11.8. The second-order valence-corrected chi connectivity index (χ2v) is 4.03. The van der Waals surface area contributed by atoms with Gasteiger partial charge in [-0.05, 0) is 6.92 Å². The van der Waals surface area contributed by atoms with Crippen LogP contribution in [0.5, 0.6) is 0 Å². The van der Waals surface area contributed by atoms with E-state index in [2.05, 4.69) is 10.3 Å². The standard InChI is InChI=1S/C9H13F3N2OS/c1-2-15-4-8-14-7(5-16-8)3-13-6-9(10,11)12/h5,13H,2-4,6H2,1H3. The van der Waals surface area contributed by atoms with E-state index >= 15 is 0 Å². The molecule has 0 atom stereocenters. The first-order valence-corrected chi connectivity index (χ1v) is 5.67. The van der Waals surface area contributed by atoms with Crippen LogP contribution in [-0.2, 0) is 17.9 Å². The van der Waals surface area contributed by atoms with Gasteiger partial charge in [-0.1, -0.05) is 0 Å². The molecule has 0 bridgehead atoms. The molecular formula is C9H13F3N2OS. The lowest BCUT2D eigenvalue weighted by Crippen LogP contribution is -2.28.